The van der Waals surface area contributed by atoms with Crippen LogP contribution in [0.1, 0.15) is 11.6 Å². The number of nitrogens with two attached hydrogens (primary N) is 1. The second kappa shape index (κ2) is 4.04. The van der Waals surface area contributed by atoms with Gasteiger partial charge in [0.25, 0.3) is 0 Å². The molecule has 15 heavy (non-hydrogen) atoms. The minimum Gasteiger partial charge on any atom is -0.453 e. The molecule has 2 rings (SSSR count). The summed E-state index contributed by atoms with van der Waals surface area (Å²) in [5.41, 5.74) is 6.83. The number of benzene rings is 1. The van der Waals surface area contributed by atoms with Gasteiger partial charge in [0, 0.05) is 11.1 Å². The summed E-state index contributed by atoms with van der Waals surface area (Å²) in [7, 11) is 0. The monoisotopic (exact) mass is 223 g/mol. The first-order valence-corrected chi connectivity index (χ1v) is 4.94. The topological polar surface area (TPSA) is 52.3 Å². The summed E-state index contributed by atoms with van der Waals surface area (Å²) in [6.45, 7) is 0. The van der Waals surface area contributed by atoms with Crippen molar-refractivity contribution >= 4 is 17.6 Å². The Morgan fingerprint density at radius 2 is 2.00 bits per heavy atom. The molecule has 0 radical (unpaired) electrons. The van der Waals surface area contributed by atoms with Crippen molar-refractivity contribution in [2.24, 2.45) is 5.73 Å². The number of ether oxygens (including phenoxy) is 1. The summed E-state index contributed by atoms with van der Waals surface area (Å²) in [4.78, 5) is 10.9. The fourth-order valence-electron chi connectivity index (χ4n) is 1.45. The summed E-state index contributed by atoms with van der Waals surface area (Å²) < 4.78 is 5.00. The molecule has 1 aromatic carbocycles. The molecule has 1 heterocycles. The molecule has 0 unspecified atom stereocenters. The van der Waals surface area contributed by atoms with E-state index in [4.69, 9.17) is 22.1 Å². The molecule has 1 aliphatic heterocycles. The van der Waals surface area contributed by atoms with Crippen molar-refractivity contribution in [3.63, 3.8) is 0 Å². The lowest BCUT2D eigenvalue weighted by atomic mass is 10.0. The van der Waals surface area contributed by atoms with E-state index in [0.29, 0.717) is 5.02 Å². The molecule has 0 bridgehead atoms. The summed E-state index contributed by atoms with van der Waals surface area (Å²) in [5.74, 6) is -0.343. The molecule has 0 spiro atoms. The van der Waals surface area contributed by atoms with Crippen molar-refractivity contribution in [3.05, 3.63) is 47.0 Å². The number of cyclic esters (lactones) is 1. The zero-order valence-electron chi connectivity index (χ0n) is 7.89. The molecule has 0 saturated carbocycles. The number of carbonyl (C=O) groups is 1. The molecular weight excluding hydrogens is 214 g/mol. The molecule has 1 aromatic rings. The average Bonchev–Trinajstić information content (AvgIpc) is 2.65. The van der Waals surface area contributed by atoms with Crippen molar-refractivity contribution in [2.75, 3.05) is 0 Å². The molecule has 0 aliphatic carbocycles. The van der Waals surface area contributed by atoms with Crippen LogP contribution in [0.25, 0.3) is 0 Å². The van der Waals surface area contributed by atoms with Crippen LogP contribution in [0, 0.1) is 0 Å². The van der Waals surface area contributed by atoms with Crippen LogP contribution in [0.4, 0.5) is 0 Å². The van der Waals surface area contributed by atoms with Gasteiger partial charge in [0.15, 0.2) is 0 Å². The van der Waals surface area contributed by atoms with Crippen LogP contribution in [0.3, 0.4) is 0 Å². The second-order valence-corrected chi connectivity index (χ2v) is 3.77. The molecule has 0 fully saturated rings. The fourth-order valence-corrected chi connectivity index (χ4v) is 1.58. The van der Waals surface area contributed by atoms with Crippen molar-refractivity contribution < 1.29 is 9.53 Å². The zero-order chi connectivity index (χ0) is 10.8. The molecule has 2 atom stereocenters. The van der Waals surface area contributed by atoms with Crippen LogP contribution in [0.15, 0.2) is 36.4 Å². The first-order valence-electron chi connectivity index (χ1n) is 4.56. The van der Waals surface area contributed by atoms with E-state index in [1.807, 2.05) is 12.1 Å². The van der Waals surface area contributed by atoms with Crippen molar-refractivity contribution in [1.82, 2.24) is 0 Å². The van der Waals surface area contributed by atoms with Crippen LogP contribution in [-0.2, 0) is 9.53 Å². The van der Waals surface area contributed by atoms with Gasteiger partial charge in [0.05, 0.1) is 6.04 Å². The van der Waals surface area contributed by atoms with Crippen LogP contribution in [-0.4, -0.2) is 12.1 Å². The Hall–Kier alpha value is -1.32. The lowest BCUT2D eigenvalue weighted by Crippen LogP contribution is -2.25. The van der Waals surface area contributed by atoms with Gasteiger partial charge >= 0.3 is 5.97 Å². The van der Waals surface area contributed by atoms with E-state index < -0.39 is 0 Å². The largest absolute Gasteiger partial charge is 0.453 e. The third kappa shape index (κ3) is 2.19. The van der Waals surface area contributed by atoms with Gasteiger partial charge in [-0.05, 0) is 23.8 Å². The molecule has 3 nitrogen and oxygen atoms in total. The van der Waals surface area contributed by atoms with Crippen LogP contribution < -0.4 is 5.73 Å². The molecule has 0 aromatic heterocycles. The zero-order valence-corrected chi connectivity index (χ0v) is 8.65. The number of carbonyl (C=O) groups excluding carboxylic acids is 1. The Labute approximate surface area is 92.5 Å². The molecule has 0 saturated heterocycles. The van der Waals surface area contributed by atoms with E-state index in [1.165, 1.54) is 6.08 Å². The van der Waals surface area contributed by atoms with Crippen LogP contribution in [0.2, 0.25) is 5.02 Å². The predicted molar refractivity (Wildman–Crippen MR) is 57.4 cm³/mol. The Kier molecular flexibility index (Phi) is 2.75. The van der Waals surface area contributed by atoms with Gasteiger partial charge in [-0.15, -0.1) is 0 Å². The van der Waals surface area contributed by atoms with E-state index in [9.17, 15) is 4.79 Å². The SMILES string of the molecule is N[C@H](c1ccc(Cl)cc1)[C@@H]1C=CC(=O)O1. The maximum Gasteiger partial charge on any atom is 0.331 e. The summed E-state index contributed by atoms with van der Waals surface area (Å²) >= 11 is 5.76. The quantitative estimate of drug-likeness (QED) is 0.779. The first-order chi connectivity index (χ1) is 7.16. The second-order valence-electron chi connectivity index (χ2n) is 3.34. The van der Waals surface area contributed by atoms with Gasteiger partial charge in [-0.25, -0.2) is 4.79 Å². The Morgan fingerprint density at radius 1 is 1.33 bits per heavy atom. The van der Waals surface area contributed by atoms with Crippen LogP contribution >= 0.6 is 11.6 Å². The van der Waals surface area contributed by atoms with Gasteiger partial charge in [0.1, 0.15) is 6.10 Å². The van der Waals surface area contributed by atoms with Gasteiger partial charge in [0.2, 0.25) is 0 Å². The highest BCUT2D eigenvalue weighted by molar-refractivity contribution is 6.30. The molecule has 2 N–H and O–H groups in total. The Morgan fingerprint density at radius 3 is 2.53 bits per heavy atom. The third-order valence-electron chi connectivity index (χ3n) is 2.28. The number of hydrogen-bond acceptors (Lipinski definition) is 3. The number of esters is 1. The standard InChI is InChI=1S/C11H10ClNO2/c12-8-3-1-7(2-4-8)11(13)9-5-6-10(14)15-9/h1-6,9,11H,13H2/t9-,11+/m0/s1. The number of rotatable bonds is 2. The minimum atomic E-state index is -0.376. The summed E-state index contributed by atoms with van der Waals surface area (Å²) in [6.07, 6.45) is 2.68. The van der Waals surface area contributed by atoms with Crippen molar-refractivity contribution in [3.8, 4) is 0 Å². The maximum absolute atomic E-state index is 10.9. The van der Waals surface area contributed by atoms with Gasteiger partial charge < -0.3 is 10.5 Å². The van der Waals surface area contributed by atoms with Gasteiger partial charge in [-0.3, -0.25) is 0 Å². The normalized spacial score (nSPS) is 21.5. The molecule has 1 aliphatic rings. The van der Waals surface area contributed by atoms with E-state index >= 15 is 0 Å². The predicted octanol–water partition coefficient (Wildman–Crippen LogP) is 1.82. The number of hydrogen-bond donors (Lipinski definition) is 1. The molecule has 0 amide bonds. The Balaban J connectivity index is 2.14. The minimum absolute atomic E-state index is 0.343. The molecule has 4 heteroatoms. The molecular formula is C11H10ClNO2. The lowest BCUT2D eigenvalue weighted by molar-refractivity contribution is -0.139. The smallest absolute Gasteiger partial charge is 0.331 e. The first kappa shape index (κ1) is 10.2. The van der Waals surface area contributed by atoms with E-state index in [0.717, 1.165) is 5.56 Å². The van der Waals surface area contributed by atoms with Gasteiger partial charge in [-0.2, -0.15) is 0 Å². The maximum atomic E-state index is 10.9. The highest BCUT2D eigenvalue weighted by Crippen LogP contribution is 2.22. The Bertz CT molecular complexity index is 400. The lowest BCUT2D eigenvalue weighted by Gasteiger charge is -2.17. The summed E-state index contributed by atoms with van der Waals surface area (Å²) in [5, 5.41) is 0.657. The molecule has 78 valence electrons. The highest BCUT2D eigenvalue weighted by atomic mass is 35.5. The fraction of sp³-hybridized carbons (Fsp3) is 0.182. The van der Waals surface area contributed by atoms with E-state index in [-0.39, 0.29) is 18.1 Å². The van der Waals surface area contributed by atoms with Crippen molar-refractivity contribution in [2.45, 2.75) is 12.1 Å². The van der Waals surface area contributed by atoms with Gasteiger partial charge in [-0.1, -0.05) is 23.7 Å². The van der Waals surface area contributed by atoms with Crippen molar-refractivity contribution in [1.29, 1.82) is 0 Å². The average molecular weight is 224 g/mol. The van der Waals surface area contributed by atoms with Crippen LogP contribution in [0.5, 0.6) is 0 Å². The summed E-state index contributed by atoms with van der Waals surface area (Å²) in [6, 6.07) is 6.83. The van der Waals surface area contributed by atoms with E-state index in [1.54, 1.807) is 18.2 Å². The van der Waals surface area contributed by atoms with E-state index in [2.05, 4.69) is 0 Å². The number of halogens is 1. The highest BCUT2D eigenvalue weighted by Gasteiger charge is 2.24. The third-order valence-corrected chi connectivity index (χ3v) is 2.54.